The molecular formula is C11H19N5O. The molecule has 0 fully saturated rings. The molecule has 0 aliphatic rings. The maximum atomic E-state index is 9.79. The fourth-order valence-corrected chi connectivity index (χ4v) is 1.44. The van der Waals surface area contributed by atoms with Crippen molar-refractivity contribution in [2.24, 2.45) is 5.73 Å². The van der Waals surface area contributed by atoms with E-state index in [1.807, 2.05) is 11.8 Å². The lowest BCUT2D eigenvalue weighted by molar-refractivity contribution is 0.0872. The maximum absolute atomic E-state index is 9.79. The Morgan fingerprint density at radius 3 is 2.71 bits per heavy atom. The van der Waals surface area contributed by atoms with Crippen LogP contribution in [0.4, 0.5) is 5.95 Å². The molecule has 1 heterocycles. The highest BCUT2D eigenvalue weighted by Gasteiger charge is 2.19. The number of aromatic nitrogens is 2. The second-order valence-corrected chi connectivity index (χ2v) is 4.48. The third kappa shape index (κ3) is 3.99. The zero-order valence-electron chi connectivity index (χ0n) is 10.4. The molecule has 0 radical (unpaired) electrons. The van der Waals surface area contributed by atoms with Gasteiger partial charge in [0.05, 0.1) is 5.60 Å². The van der Waals surface area contributed by atoms with Crippen LogP contribution in [-0.2, 0) is 0 Å². The van der Waals surface area contributed by atoms with E-state index in [1.54, 1.807) is 26.1 Å². The van der Waals surface area contributed by atoms with E-state index in [4.69, 9.17) is 11.1 Å². The van der Waals surface area contributed by atoms with E-state index in [9.17, 15) is 5.11 Å². The van der Waals surface area contributed by atoms with Gasteiger partial charge in [-0.15, -0.1) is 0 Å². The first-order chi connectivity index (χ1) is 7.83. The fourth-order valence-electron chi connectivity index (χ4n) is 1.44. The number of amidine groups is 1. The van der Waals surface area contributed by atoms with Crippen LogP contribution >= 0.6 is 0 Å². The van der Waals surface area contributed by atoms with Gasteiger partial charge in [-0.2, -0.15) is 0 Å². The van der Waals surface area contributed by atoms with Crippen LogP contribution in [0.15, 0.2) is 12.3 Å². The molecule has 1 rings (SSSR count). The van der Waals surface area contributed by atoms with Gasteiger partial charge in [-0.3, -0.25) is 5.41 Å². The maximum Gasteiger partial charge on any atom is 0.226 e. The lowest BCUT2D eigenvalue weighted by Gasteiger charge is -2.28. The number of nitrogens with zero attached hydrogens (tertiary/aromatic N) is 3. The predicted molar refractivity (Wildman–Crippen MR) is 67.2 cm³/mol. The molecule has 94 valence electrons. The molecule has 0 unspecified atom stereocenters. The Hall–Kier alpha value is -1.69. The molecule has 0 amide bonds. The summed E-state index contributed by atoms with van der Waals surface area (Å²) >= 11 is 0. The summed E-state index contributed by atoms with van der Waals surface area (Å²) in [5, 5.41) is 17.1. The largest absolute Gasteiger partial charge is 0.389 e. The Balaban J connectivity index is 2.96. The van der Waals surface area contributed by atoms with E-state index >= 15 is 0 Å². The molecule has 0 spiro atoms. The average molecular weight is 237 g/mol. The Kier molecular flexibility index (Phi) is 4.01. The van der Waals surface area contributed by atoms with Gasteiger partial charge in [0.1, 0.15) is 11.5 Å². The predicted octanol–water partition coefficient (Wildman–Crippen LogP) is 0.358. The highest BCUT2D eigenvalue weighted by atomic mass is 16.3. The van der Waals surface area contributed by atoms with E-state index < -0.39 is 5.60 Å². The first-order valence-electron chi connectivity index (χ1n) is 5.48. The summed E-state index contributed by atoms with van der Waals surface area (Å²) in [6.45, 7) is 6.50. The van der Waals surface area contributed by atoms with Crippen molar-refractivity contribution in [1.29, 1.82) is 5.41 Å². The van der Waals surface area contributed by atoms with E-state index in [-0.39, 0.29) is 5.84 Å². The highest BCUT2D eigenvalue weighted by molar-refractivity contribution is 5.93. The summed E-state index contributed by atoms with van der Waals surface area (Å²) in [6.07, 6.45) is 1.56. The van der Waals surface area contributed by atoms with Crippen LogP contribution in [0.2, 0.25) is 0 Å². The number of likely N-dealkylation sites (N-methyl/N-ethyl adjacent to an activating group) is 1. The smallest absolute Gasteiger partial charge is 0.226 e. The van der Waals surface area contributed by atoms with Crippen molar-refractivity contribution in [1.82, 2.24) is 9.97 Å². The summed E-state index contributed by atoms with van der Waals surface area (Å²) in [4.78, 5) is 10.2. The number of nitrogen functional groups attached to an aromatic ring is 1. The second kappa shape index (κ2) is 5.09. The molecule has 1 aromatic rings. The molecule has 0 saturated carbocycles. The van der Waals surface area contributed by atoms with Gasteiger partial charge in [0, 0.05) is 19.3 Å². The van der Waals surface area contributed by atoms with Gasteiger partial charge in [0.25, 0.3) is 0 Å². The van der Waals surface area contributed by atoms with Gasteiger partial charge in [0.15, 0.2) is 0 Å². The summed E-state index contributed by atoms with van der Waals surface area (Å²) in [7, 11) is 0. The lowest BCUT2D eigenvalue weighted by atomic mass is 10.1. The lowest BCUT2D eigenvalue weighted by Crippen LogP contribution is -2.39. The van der Waals surface area contributed by atoms with Crippen LogP contribution in [0.25, 0.3) is 0 Å². The van der Waals surface area contributed by atoms with Crippen LogP contribution in [0.1, 0.15) is 26.5 Å². The fraction of sp³-hybridized carbons (Fsp3) is 0.545. The van der Waals surface area contributed by atoms with E-state index in [1.165, 1.54) is 0 Å². The van der Waals surface area contributed by atoms with Crippen LogP contribution in [0.3, 0.4) is 0 Å². The average Bonchev–Trinajstić information content (AvgIpc) is 2.25. The Labute approximate surface area is 101 Å². The monoisotopic (exact) mass is 237 g/mol. The molecule has 6 nitrogen and oxygen atoms in total. The normalized spacial score (nSPS) is 11.3. The third-order valence-electron chi connectivity index (χ3n) is 2.16. The molecule has 0 aromatic carbocycles. The summed E-state index contributed by atoms with van der Waals surface area (Å²) in [5.74, 6) is 0.385. The molecule has 0 bridgehead atoms. The van der Waals surface area contributed by atoms with Crippen LogP contribution in [0.5, 0.6) is 0 Å². The van der Waals surface area contributed by atoms with Crippen molar-refractivity contribution in [2.75, 3.05) is 18.0 Å². The molecule has 6 heteroatoms. The number of rotatable bonds is 5. The number of anilines is 1. The number of nitrogens with two attached hydrogens (primary N) is 1. The van der Waals surface area contributed by atoms with Crippen LogP contribution in [0, 0.1) is 5.41 Å². The Morgan fingerprint density at radius 2 is 2.24 bits per heavy atom. The first-order valence-corrected chi connectivity index (χ1v) is 5.48. The molecule has 0 aliphatic heterocycles. The van der Waals surface area contributed by atoms with E-state index in [0.717, 1.165) is 0 Å². The first kappa shape index (κ1) is 13.4. The van der Waals surface area contributed by atoms with Gasteiger partial charge in [0.2, 0.25) is 5.95 Å². The quantitative estimate of drug-likeness (QED) is 0.507. The molecule has 4 N–H and O–H groups in total. The minimum absolute atomic E-state index is 0.0899. The van der Waals surface area contributed by atoms with Crippen LogP contribution in [-0.4, -0.2) is 39.6 Å². The SMILES string of the molecule is CCN(CC(C)(C)O)c1nccc(C(=N)N)n1. The minimum atomic E-state index is -0.828. The summed E-state index contributed by atoms with van der Waals surface area (Å²) < 4.78 is 0. The van der Waals surface area contributed by atoms with Crippen LogP contribution < -0.4 is 10.6 Å². The van der Waals surface area contributed by atoms with Gasteiger partial charge in [-0.25, -0.2) is 9.97 Å². The van der Waals surface area contributed by atoms with E-state index in [0.29, 0.717) is 24.7 Å². The van der Waals surface area contributed by atoms with Crippen molar-refractivity contribution >= 4 is 11.8 Å². The second-order valence-electron chi connectivity index (χ2n) is 4.48. The summed E-state index contributed by atoms with van der Waals surface area (Å²) in [6, 6.07) is 1.59. The topological polar surface area (TPSA) is 99.1 Å². The molecule has 17 heavy (non-hydrogen) atoms. The zero-order chi connectivity index (χ0) is 13.1. The molecule has 0 aliphatic carbocycles. The molecule has 0 saturated heterocycles. The van der Waals surface area contributed by atoms with Crippen molar-refractivity contribution in [3.63, 3.8) is 0 Å². The number of nitrogens with one attached hydrogen (secondary N) is 1. The Bertz CT molecular complexity index is 399. The number of hydrogen-bond acceptors (Lipinski definition) is 5. The van der Waals surface area contributed by atoms with Crippen molar-refractivity contribution < 1.29 is 5.11 Å². The van der Waals surface area contributed by atoms with Crippen molar-refractivity contribution in [2.45, 2.75) is 26.4 Å². The zero-order valence-corrected chi connectivity index (χ0v) is 10.4. The number of hydrogen-bond donors (Lipinski definition) is 3. The third-order valence-corrected chi connectivity index (χ3v) is 2.16. The molecule has 0 atom stereocenters. The van der Waals surface area contributed by atoms with Crippen molar-refractivity contribution in [3.05, 3.63) is 18.0 Å². The van der Waals surface area contributed by atoms with Crippen molar-refractivity contribution in [3.8, 4) is 0 Å². The summed E-state index contributed by atoms with van der Waals surface area (Å²) in [5.41, 5.74) is 4.94. The van der Waals surface area contributed by atoms with E-state index in [2.05, 4.69) is 9.97 Å². The van der Waals surface area contributed by atoms with Gasteiger partial charge < -0.3 is 15.7 Å². The highest BCUT2D eigenvalue weighted by Crippen LogP contribution is 2.12. The molecular weight excluding hydrogens is 218 g/mol. The minimum Gasteiger partial charge on any atom is -0.389 e. The van der Waals surface area contributed by atoms with Gasteiger partial charge >= 0.3 is 0 Å². The van der Waals surface area contributed by atoms with Gasteiger partial charge in [-0.1, -0.05) is 0 Å². The van der Waals surface area contributed by atoms with Gasteiger partial charge in [-0.05, 0) is 26.8 Å². The standard InChI is InChI=1S/C11H19N5O/c1-4-16(7-11(2,3)17)10-14-6-5-8(15-10)9(12)13/h5-6,17H,4,7H2,1-3H3,(H3,12,13). The number of aliphatic hydroxyl groups is 1. The molecule has 1 aromatic heterocycles. The Morgan fingerprint density at radius 1 is 1.59 bits per heavy atom.